The maximum absolute atomic E-state index is 3.17. The first-order valence-electron chi connectivity index (χ1n) is 4.45. The fourth-order valence-electron chi connectivity index (χ4n) is 1.28. The maximum atomic E-state index is 3.17. The summed E-state index contributed by atoms with van der Waals surface area (Å²) in [7, 11) is 0. The van der Waals surface area contributed by atoms with E-state index >= 15 is 0 Å². The SMILES string of the molecule is CSN1C=CN(/C=C2/C=CC=CN2)C1. The number of nitrogens with one attached hydrogen (secondary N) is 1. The Morgan fingerprint density at radius 2 is 2.36 bits per heavy atom. The monoisotopic (exact) mass is 207 g/mol. The van der Waals surface area contributed by atoms with Crippen LogP contribution in [0, 0.1) is 0 Å². The molecule has 2 rings (SSSR count). The van der Waals surface area contributed by atoms with Crippen molar-refractivity contribution in [1.82, 2.24) is 14.5 Å². The third kappa shape index (κ3) is 2.14. The van der Waals surface area contributed by atoms with E-state index in [-0.39, 0.29) is 0 Å². The Balaban J connectivity index is 1.96. The molecule has 0 radical (unpaired) electrons. The molecule has 0 amide bonds. The van der Waals surface area contributed by atoms with Crippen LogP contribution in [0.3, 0.4) is 0 Å². The van der Waals surface area contributed by atoms with Gasteiger partial charge < -0.3 is 14.5 Å². The lowest BCUT2D eigenvalue weighted by Crippen LogP contribution is -2.18. The Bertz CT molecular complexity index is 317. The fourth-order valence-corrected chi connectivity index (χ4v) is 1.71. The fraction of sp³-hybridized carbons (Fsp3) is 0.200. The van der Waals surface area contributed by atoms with Crippen LogP contribution in [0.4, 0.5) is 0 Å². The first kappa shape index (κ1) is 9.27. The molecule has 0 saturated carbocycles. The summed E-state index contributed by atoms with van der Waals surface area (Å²) >= 11 is 1.72. The highest BCUT2D eigenvalue weighted by Gasteiger charge is 2.09. The van der Waals surface area contributed by atoms with Gasteiger partial charge in [0.2, 0.25) is 0 Å². The van der Waals surface area contributed by atoms with Gasteiger partial charge in [-0.1, -0.05) is 18.0 Å². The van der Waals surface area contributed by atoms with Crippen molar-refractivity contribution < 1.29 is 0 Å². The molecule has 0 bridgehead atoms. The highest BCUT2D eigenvalue weighted by molar-refractivity contribution is 7.96. The van der Waals surface area contributed by atoms with Crippen LogP contribution in [-0.4, -0.2) is 22.1 Å². The number of dihydropyridines is 1. The van der Waals surface area contributed by atoms with Crippen molar-refractivity contribution >= 4 is 11.9 Å². The van der Waals surface area contributed by atoms with Crippen molar-refractivity contribution in [3.05, 3.63) is 48.7 Å². The number of hydrogen-bond donors (Lipinski definition) is 1. The minimum atomic E-state index is 0.907. The van der Waals surface area contributed by atoms with Crippen molar-refractivity contribution in [3.63, 3.8) is 0 Å². The zero-order chi connectivity index (χ0) is 9.80. The predicted octanol–water partition coefficient (Wildman–Crippen LogP) is 1.83. The summed E-state index contributed by atoms with van der Waals surface area (Å²) in [6.45, 7) is 0.907. The van der Waals surface area contributed by atoms with Crippen LogP contribution in [0.15, 0.2) is 48.7 Å². The van der Waals surface area contributed by atoms with E-state index in [0.717, 1.165) is 12.4 Å². The van der Waals surface area contributed by atoms with Gasteiger partial charge in [0, 0.05) is 31.1 Å². The molecule has 3 nitrogen and oxygen atoms in total. The molecule has 0 aromatic rings. The molecule has 0 unspecified atom stereocenters. The quantitative estimate of drug-likeness (QED) is 0.696. The zero-order valence-corrected chi connectivity index (χ0v) is 8.87. The van der Waals surface area contributed by atoms with Gasteiger partial charge in [0.15, 0.2) is 0 Å². The molecule has 1 N–H and O–H groups in total. The van der Waals surface area contributed by atoms with E-state index in [1.165, 1.54) is 0 Å². The van der Waals surface area contributed by atoms with Gasteiger partial charge in [-0.05, 0) is 12.2 Å². The van der Waals surface area contributed by atoms with Gasteiger partial charge in [-0.2, -0.15) is 0 Å². The van der Waals surface area contributed by atoms with E-state index in [2.05, 4.69) is 45.5 Å². The second kappa shape index (κ2) is 4.28. The normalized spacial score (nSPS) is 22.2. The molecule has 74 valence electrons. The Hall–Kier alpha value is -1.29. The number of hydrogen-bond acceptors (Lipinski definition) is 4. The van der Waals surface area contributed by atoms with Crippen LogP contribution in [0.2, 0.25) is 0 Å². The lowest BCUT2D eigenvalue weighted by molar-refractivity contribution is 0.443. The molecule has 2 aliphatic heterocycles. The van der Waals surface area contributed by atoms with Crippen molar-refractivity contribution in [1.29, 1.82) is 0 Å². The molecular formula is C10H13N3S. The highest BCUT2D eigenvalue weighted by atomic mass is 32.2. The summed E-state index contributed by atoms with van der Waals surface area (Å²) in [5.74, 6) is 0. The zero-order valence-electron chi connectivity index (χ0n) is 8.05. The van der Waals surface area contributed by atoms with Crippen LogP contribution >= 0.6 is 11.9 Å². The minimum Gasteiger partial charge on any atom is -0.361 e. The first-order chi connectivity index (χ1) is 6.88. The number of rotatable bonds is 2. The lowest BCUT2D eigenvalue weighted by Gasteiger charge is -2.16. The van der Waals surface area contributed by atoms with E-state index in [4.69, 9.17) is 0 Å². The van der Waals surface area contributed by atoms with Crippen LogP contribution in [0.1, 0.15) is 0 Å². The predicted molar refractivity (Wildman–Crippen MR) is 60.7 cm³/mol. The second-order valence-corrected chi connectivity index (χ2v) is 3.83. The molecule has 0 aromatic heterocycles. The van der Waals surface area contributed by atoms with Crippen molar-refractivity contribution in [2.24, 2.45) is 0 Å². The molecule has 0 aliphatic carbocycles. The summed E-state index contributed by atoms with van der Waals surface area (Å²) in [6.07, 6.45) is 16.3. The van der Waals surface area contributed by atoms with Gasteiger partial charge in [0.1, 0.15) is 6.67 Å². The van der Waals surface area contributed by atoms with Gasteiger partial charge >= 0.3 is 0 Å². The highest BCUT2D eigenvalue weighted by Crippen LogP contribution is 2.15. The Morgan fingerprint density at radius 1 is 1.43 bits per heavy atom. The molecule has 0 aromatic carbocycles. The van der Waals surface area contributed by atoms with E-state index in [9.17, 15) is 0 Å². The molecule has 0 fully saturated rings. The van der Waals surface area contributed by atoms with Gasteiger partial charge in [-0.25, -0.2) is 0 Å². The Morgan fingerprint density at radius 3 is 3.00 bits per heavy atom. The minimum absolute atomic E-state index is 0.907. The molecule has 2 heterocycles. The molecule has 2 aliphatic rings. The smallest absolute Gasteiger partial charge is 0.104 e. The van der Waals surface area contributed by atoms with Crippen LogP contribution in [-0.2, 0) is 0 Å². The van der Waals surface area contributed by atoms with Crippen molar-refractivity contribution in [3.8, 4) is 0 Å². The van der Waals surface area contributed by atoms with Gasteiger partial charge in [-0.15, -0.1) is 0 Å². The average Bonchev–Trinajstić information content (AvgIpc) is 2.67. The van der Waals surface area contributed by atoms with Gasteiger partial charge in [-0.3, -0.25) is 0 Å². The summed E-state index contributed by atoms with van der Waals surface area (Å²) < 4.78 is 2.17. The van der Waals surface area contributed by atoms with Gasteiger partial charge in [0.05, 0.1) is 5.70 Å². The number of nitrogens with zero attached hydrogens (tertiary/aromatic N) is 2. The third-order valence-corrected chi connectivity index (χ3v) is 2.71. The largest absolute Gasteiger partial charge is 0.361 e. The first-order valence-corrected chi connectivity index (χ1v) is 5.63. The second-order valence-electron chi connectivity index (χ2n) is 3.00. The average molecular weight is 207 g/mol. The van der Waals surface area contributed by atoms with Crippen molar-refractivity contribution in [2.75, 3.05) is 12.9 Å². The topological polar surface area (TPSA) is 18.5 Å². The molecule has 14 heavy (non-hydrogen) atoms. The summed E-state index contributed by atoms with van der Waals surface area (Å²) in [5, 5.41) is 3.17. The van der Waals surface area contributed by atoms with Crippen LogP contribution in [0.25, 0.3) is 0 Å². The van der Waals surface area contributed by atoms with E-state index < -0.39 is 0 Å². The number of allylic oxidation sites excluding steroid dienone is 3. The van der Waals surface area contributed by atoms with E-state index in [0.29, 0.717) is 0 Å². The van der Waals surface area contributed by atoms with Gasteiger partial charge in [0.25, 0.3) is 0 Å². The molecule has 0 saturated heterocycles. The maximum Gasteiger partial charge on any atom is 0.104 e. The lowest BCUT2D eigenvalue weighted by atomic mass is 10.3. The molecule has 0 spiro atoms. The van der Waals surface area contributed by atoms with Crippen LogP contribution < -0.4 is 5.32 Å². The van der Waals surface area contributed by atoms with E-state index in [1.807, 2.05) is 18.4 Å². The van der Waals surface area contributed by atoms with Crippen molar-refractivity contribution in [2.45, 2.75) is 0 Å². The summed E-state index contributed by atoms with van der Waals surface area (Å²) in [4.78, 5) is 2.14. The molecular weight excluding hydrogens is 194 g/mol. The Kier molecular flexibility index (Phi) is 2.84. The third-order valence-electron chi connectivity index (χ3n) is 2.00. The summed E-state index contributed by atoms with van der Waals surface area (Å²) in [6, 6.07) is 0. The summed E-state index contributed by atoms with van der Waals surface area (Å²) in [5.41, 5.74) is 1.11. The molecule has 0 atom stereocenters. The molecule has 4 heteroatoms. The standard InChI is InChI=1S/C10H13N3S/c1-14-13-7-6-12(9-13)8-10-4-2-3-5-11-10/h2-8,11H,9H2,1H3/b10-8-. The Labute approximate surface area is 88.6 Å². The van der Waals surface area contributed by atoms with Crippen LogP contribution in [0.5, 0.6) is 0 Å². The van der Waals surface area contributed by atoms with E-state index in [1.54, 1.807) is 11.9 Å².